The molecule has 0 aliphatic heterocycles. The van der Waals surface area contributed by atoms with Crippen molar-refractivity contribution in [1.82, 2.24) is 20.3 Å². The third-order valence-corrected chi connectivity index (χ3v) is 3.32. The molecular formula is C16H21N5O2. The standard InChI is InChI=1S/C16H21N5O2/c1-21(9-5-13-3-6-17-7-4-13)16-19-11-14(12-20-16)15(22)18-8-10-23-2/h3-4,6-7,11-12H,5,8-10H2,1-2H3,(H,18,22). The number of amides is 1. The molecule has 0 aliphatic carbocycles. The molecule has 0 aliphatic rings. The first-order valence-corrected chi connectivity index (χ1v) is 7.40. The smallest absolute Gasteiger partial charge is 0.254 e. The predicted molar refractivity (Wildman–Crippen MR) is 87.5 cm³/mol. The van der Waals surface area contributed by atoms with E-state index in [9.17, 15) is 4.79 Å². The number of carbonyl (C=O) groups is 1. The fourth-order valence-electron chi connectivity index (χ4n) is 1.95. The number of likely N-dealkylation sites (N-methyl/N-ethyl adjacent to an activating group) is 1. The number of hydrogen-bond donors (Lipinski definition) is 1. The molecule has 2 rings (SSSR count). The topological polar surface area (TPSA) is 80.2 Å². The summed E-state index contributed by atoms with van der Waals surface area (Å²) in [4.78, 5) is 26.3. The Morgan fingerprint density at radius 3 is 2.61 bits per heavy atom. The van der Waals surface area contributed by atoms with Crippen LogP contribution in [0.3, 0.4) is 0 Å². The van der Waals surface area contributed by atoms with E-state index in [1.54, 1.807) is 19.5 Å². The maximum atomic E-state index is 11.8. The molecule has 7 nitrogen and oxygen atoms in total. The van der Waals surface area contributed by atoms with Crippen molar-refractivity contribution < 1.29 is 9.53 Å². The van der Waals surface area contributed by atoms with Gasteiger partial charge in [0, 0.05) is 52.0 Å². The minimum atomic E-state index is -0.201. The molecule has 1 amide bonds. The molecule has 7 heteroatoms. The quantitative estimate of drug-likeness (QED) is 0.730. The maximum absolute atomic E-state index is 11.8. The molecule has 2 heterocycles. The van der Waals surface area contributed by atoms with Crippen LogP contribution in [0.15, 0.2) is 36.9 Å². The van der Waals surface area contributed by atoms with Crippen LogP contribution in [-0.2, 0) is 11.2 Å². The normalized spacial score (nSPS) is 10.3. The summed E-state index contributed by atoms with van der Waals surface area (Å²) in [5, 5.41) is 2.73. The lowest BCUT2D eigenvalue weighted by molar-refractivity contribution is 0.0936. The molecule has 0 saturated heterocycles. The van der Waals surface area contributed by atoms with E-state index < -0.39 is 0 Å². The summed E-state index contributed by atoms with van der Waals surface area (Å²) in [6.07, 6.45) is 7.51. The van der Waals surface area contributed by atoms with Gasteiger partial charge in [0.15, 0.2) is 0 Å². The Hall–Kier alpha value is -2.54. The average molecular weight is 315 g/mol. The van der Waals surface area contributed by atoms with E-state index >= 15 is 0 Å². The monoisotopic (exact) mass is 315 g/mol. The number of aromatic nitrogens is 3. The van der Waals surface area contributed by atoms with Gasteiger partial charge in [-0.1, -0.05) is 0 Å². The zero-order valence-corrected chi connectivity index (χ0v) is 13.4. The number of nitrogens with zero attached hydrogens (tertiary/aromatic N) is 4. The summed E-state index contributed by atoms with van der Waals surface area (Å²) in [6.45, 7) is 1.72. The summed E-state index contributed by atoms with van der Waals surface area (Å²) in [6, 6.07) is 3.98. The number of hydrogen-bond acceptors (Lipinski definition) is 6. The van der Waals surface area contributed by atoms with Crippen molar-refractivity contribution >= 4 is 11.9 Å². The molecular weight excluding hydrogens is 294 g/mol. The van der Waals surface area contributed by atoms with E-state index in [1.807, 2.05) is 24.1 Å². The summed E-state index contributed by atoms with van der Waals surface area (Å²) >= 11 is 0. The number of nitrogens with one attached hydrogen (secondary N) is 1. The Kier molecular flexibility index (Phi) is 6.43. The van der Waals surface area contributed by atoms with E-state index in [4.69, 9.17) is 4.74 Å². The van der Waals surface area contributed by atoms with Crippen molar-refractivity contribution in [1.29, 1.82) is 0 Å². The lowest BCUT2D eigenvalue weighted by Crippen LogP contribution is -2.28. The highest BCUT2D eigenvalue weighted by Gasteiger charge is 2.09. The second-order valence-electron chi connectivity index (χ2n) is 5.05. The molecule has 0 atom stereocenters. The van der Waals surface area contributed by atoms with Gasteiger partial charge in [-0.15, -0.1) is 0 Å². The van der Waals surface area contributed by atoms with Crippen LogP contribution in [-0.4, -0.2) is 54.7 Å². The third-order valence-electron chi connectivity index (χ3n) is 3.32. The molecule has 0 fully saturated rings. The molecule has 0 spiro atoms. The average Bonchev–Trinajstić information content (AvgIpc) is 2.61. The van der Waals surface area contributed by atoms with Gasteiger partial charge in [0.2, 0.25) is 5.95 Å². The van der Waals surface area contributed by atoms with Gasteiger partial charge in [-0.3, -0.25) is 9.78 Å². The highest BCUT2D eigenvalue weighted by atomic mass is 16.5. The van der Waals surface area contributed by atoms with Crippen LogP contribution in [0.5, 0.6) is 0 Å². The molecule has 122 valence electrons. The van der Waals surface area contributed by atoms with Crippen LogP contribution in [0.2, 0.25) is 0 Å². The van der Waals surface area contributed by atoms with E-state index in [1.165, 1.54) is 18.0 Å². The first kappa shape index (κ1) is 16.8. The highest BCUT2D eigenvalue weighted by molar-refractivity contribution is 5.93. The second kappa shape index (κ2) is 8.79. The molecule has 0 radical (unpaired) electrons. The first-order valence-electron chi connectivity index (χ1n) is 7.40. The summed E-state index contributed by atoms with van der Waals surface area (Å²) < 4.78 is 4.89. The molecule has 1 N–H and O–H groups in total. The lowest BCUT2D eigenvalue weighted by Gasteiger charge is -2.16. The minimum absolute atomic E-state index is 0.201. The van der Waals surface area contributed by atoms with Gasteiger partial charge in [-0.2, -0.15) is 0 Å². The van der Waals surface area contributed by atoms with Crippen molar-refractivity contribution in [3.63, 3.8) is 0 Å². The van der Waals surface area contributed by atoms with Crippen LogP contribution in [0, 0.1) is 0 Å². The zero-order chi connectivity index (χ0) is 16.5. The SMILES string of the molecule is COCCNC(=O)c1cnc(N(C)CCc2ccncc2)nc1. The highest BCUT2D eigenvalue weighted by Crippen LogP contribution is 2.07. The Labute approximate surface area is 135 Å². The Morgan fingerprint density at radius 1 is 1.26 bits per heavy atom. The minimum Gasteiger partial charge on any atom is -0.383 e. The number of pyridine rings is 1. The fraction of sp³-hybridized carbons (Fsp3) is 0.375. The van der Waals surface area contributed by atoms with Crippen LogP contribution >= 0.6 is 0 Å². The predicted octanol–water partition coefficient (Wildman–Crippen LogP) is 0.927. The van der Waals surface area contributed by atoms with E-state index in [2.05, 4.69) is 20.3 Å². The molecule has 23 heavy (non-hydrogen) atoms. The van der Waals surface area contributed by atoms with E-state index in [0.717, 1.165) is 13.0 Å². The summed E-state index contributed by atoms with van der Waals surface area (Å²) in [7, 11) is 3.51. The third kappa shape index (κ3) is 5.30. The molecule has 0 saturated carbocycles. The molecule has 0 unspecified atom stereocenters. The van der Waals surface area contributed by atoms with Crippen molar-refractivity contribution in [3.05, 3.63) is 48.0 Å². The largest absolute Gasteiger partial charge is 0.383 e. The second-order valence-corrected chi connectivity index (χ2v) is 5.05. The van der Waals surface area contributed by atoms with Gasteiger partial charge >= 0.3 is 0 Å². The Morgan fingerprint density at radius 2 is 1.96 bits per heavy atom. The van der Waals surface area contributed by atoms with Crippen LogP contribution in [0.4, 0.5) is 5.95 Å². The molecule has 2 aromatic rings. The van der Waals surface area contributed by atoms with Crippen molar-refractivity contribution in [2.75, 3.05) is 38.8 Å². The van der Waals surface area contributed by atoms with Gasteiger partial charge < -0.3 is 15.0 Å². The van der Waals surface area contributed by atoms with Crippen LogP contribution in [0.1, 0.15) is 15.9 Å². The maximum Gasteiger partial charge on any atom is 0.254 e. The van der Waals surface area contributed by atoms with Gasteiger partial charge in [0.25, 0.3) is 5.91 Å². The number of rotatable bonds is 8. The Balaban J connectivity index is 1.87. The van der Waals surface area contributed by atoms with E-state index in [-0.39, 0.29) is 5.91 Å². The number of anilines is 1. The van der Waals surface area contributed by atoms with Crippen molar-refractivity contribution in [2.24, 2.45) is 0 Å². The Bertz CT molecular complexity index is 604. The fourth-order valence-corrected chi connectivity index (χ4v) is 1.95. The van der Waals surface area contributed by atoms with Gasteiger partial charge in [0.05, 0.1) is 12.2 Å². The number of ether oxygens (including phenoxy) is 1. The lowest BCUT2D eigenvalue weighted by atomic mass is 10.2. The first-order chi connectivity index (χ1) is 11.2. The molecule has 2 aromatic heterocycles. The van der Waals surface area contributed by atoms with Gasteiger partial charge in [0.1, 0.15) is 0 Å². The summed E-state index contributed by atoms with van der Waals surface area (Å²) in [5.74, 6) is 0.389. The summed E-state index contributed by atoms with van der Waals surface area (Å²) in [5.41, 5.74) is 1.65. The van der Waals surface area contributed by atoms with Crippen LogP contribution in [0.25, 0.3) is 0 Å². The zero-order valence-electron chi connectivity index (χ0n) is 13.4. The molecule has 0 bridgehead atoms. The number of carbonyl (C=O) groups excluding carboxylic acids is 1. The van der Waals surface area contributed by atoms with Crippen molar-refractivity contribution in [3.8, 4) is 0 Å². The van der Waals surface area contributed by atoms with Gasteiger partial charge in [-0.25, -0.2) is 9.97 Å². The number of methoxy groups -OCH3 is 1. The van der Waals surface area contributed by atoms with Gasteiger partial charge in [-0.05, 0) is 24.1 Å². The van der Waals surface area contributed by atoms with Crippen LogP contribution < -0.4 is 10.2 Å². The molecule has 0 aromatic carbocycles. The van der Waals surface area contributed by atoms with Crippen molar-refractivity contribution in [2.45, 2.75) is 6.42 Å². The van der Waals surface area contributed by atoms with E-state index in [0.29, 0.717) is 24.7 Å².